The molecular formula is C64H50S. The lowest BCUT2D eigenvalue weighted by atomic mass is 9.70. The van der Waals surface area contributed by atoms with E-state index in [2.05, 4.69) is 215 Å². The van der Waals surface area contributed by atoms with Crippen LogP contribution in [0.15, 0.2) is 194 Å². The number of hydrogen-bond acceptors (Lipinski definition) is 1. The molecule has 10 aromatic carbocycles. The summed E-state index contributed by atoms with van der Waals surface area (Å²) in [6.45, 7) is 7.42. The number of rotatable bonds is 7. The van der Waals surface area contributed by atoms with Crippen LogP contribution in [0.25, 0.3) is 74.7 Å². The van der Waals surface area contributed by atoms with Crippen LogP contribution in [0.4, 0.5) is 0 Å². The van der Waals surface area contributed by atoms with Crippen molar-refractivity contribution in [2.24, 2.45) is 0 Å². The summed E-state index contributed by atoms with van der Waals surface area (Å²) in [6.07, 6.45) is 3.05. The molecule has 0 aliphatic heterocycles. The van der Waals surface area contributed by atoms with Crippen molar-refractivity contribution in [2.75, 3.05) is 0 Å². The molecule has 0 saturated heterocycles. The summed E-state index contributed by atoms with van der Waals surface area (Å²) in [7, 11) is 0. The minimum atomic E-state index is -0.143. The molecule has 2 aliphatic rings. The van der Waals surface area contributed by atoms with E-state index in [0.29, 0.717) is 11.8 Å². The van der Waals surface area contributed by atoms with Crippen molar-refractivity contribution < 1.29 is 0 Å². The molecule has 0 N–H and O–H groups in total. The molecule has 1 aromatic heterocycles. The Morgan fingerprint density at radius 1 is 0.523 bits per heavy atom. The maximum atomic E-state index is 2.61. The largest absolute Gasteiger partial charge is 0.135 e. The maximum Gasteiger partial charge on any atom is 0.0393 e. The van der Waals surface area contributed by atoms with Gasteiger partial charge in [-0.3, -0.25) is 0 Å². The normalized spacial score (nSPS) is 15.8. The molecule has 0 fully saturated rings. The van der Waals surface area contributed by atoms with Crippen molar-refractivity contribution in [1.29, 1.82) is 0 Å². The molecule has 2 aliphatic carbocycles. The fourth-order valence-electron chi connectivity index (χ4n) is 12.3. The summed E-state index contributed by atoms with van der Waals surface area (Å²) in [6, 6.07) is 74.2. The molecule has 1 heteroatoms. The van der Waals surface area contributed by atoms with Crippen molar-refractivity contribution >= 4 is 63.8 Å². The lowest BCUT2D eigenvalue weighted by Gasteiger charge is -2.33. The molecule has 0 amide bonds. The minimum Gasteiger partial charge on any atom is -0.135 e. The second-order valence-corrected chi connectivity index (χ2v) is 20.5. The van der Waals surface area contributed by atoms with Crippen LogP contribution in [0, 0.1) is 0 Å². The van der Waals surface area contributed by atoms with Crippen LogP contribution in [0.3, 0.4) is 0 Å². The van der Waals surface area contributed by atoms with Crippen molar-refractivity contribution in [3.8, 4) is 22.3 Å². The van der Waals surface area contributed by atoms with Crippen LogP contribution in [-0.2, 0) is 18.3 Å². The summed E-state index contributed by atoms with van der Waals surface area (Å²) in [5.74, 6) is 0.991. The van der Waals surface area contributed by atoms with Gasteiger partial charge >= 0.3 is 0 Å². The Balaban J connectivity index is 0.884. The molecule has 0 spiro atoms. The van der Waals surface area contributed by atoms with Crippen LogP contribution in [0.5, 0.6) is 0 Å². The highest BCUT2D eigenvalue weighted by Crippen LogP contribution is 2.55. The van der Waals surface area contributed by atoms with E-state index in [1.807, 2.05) is 11.3 Å². The van der Waals surface area contributed by atoms with Crippen molar-refractivity contribution in [2.45, 2.75) is 63.2 Å². The van der Waals surface area contributed by atoms with Gasteiger partial charge in [0.1, 0.15) is 0 Å². The Kier molecular flexibility index (Phi) is 8.84. The highest BCUT2D eigenvalue weighted by Gasteiger charge is 2.39. The van der Waals surface area contributed by atoms with E-state index in [4.69, 9.17) is 0 Å². The van der Waals surface area contributed by atoms with E-state index >= 15 is 0 Å². The van der Waals surface area contributed by atoms with Gasteiger partial charge in [0, 0.05) is 31.5 Å². The zero-order chi connectivity index (χ0) is 43.4. The zero-order valence-corrected chi connectivity index (χ0v) is 38.1. The quantitative estimate of drug-likeness (QED) is 0.150. The molecule has 0 saturated carbocycles. The average Bonchev–Trinajstić information content (AvgIpc) is 3.85. The Bertz CT molecular complexity index is 3710. The first-order chi connectivity index (χ1) is 31.9. The van der Waals surface area contributed by atoms with Crippen LogP contribution in [0.1, 0.15) is 89.5 Å². The van der Waals surface area contributed by atoms with Gasteiger partial charge in [-0.15, -0.1) is 11.3 Å². The van der Waals surface area contributed by atoms with Gasteiger partial charge in [0.2, 0.25) is 0 Å². The average molecular weight is 851 g/mol. The third-order valence-electron chi connectivity index (χ3n) is 15.7. The van der Waals surface area contributed by atoms with Gasteiger partial charge in [-0.1, -0.05) is 209 Å². The van der Waals surface area contributed by atoms with E-state index < -0.39 is 0 Å². The first-order valence-corrected chi connectivity index (χ1v) is 24.4. The Hall–Kier alpha value is -6.80. The summed E-state index contributed by atoms with van der Waals surface area (Å²) in [5, 5.41) is 10.8. The third-order valence-corrected chi connectivity index (χ3v) is 16.9. The first kappa shape index (κ1) is 38.6. The third kappa shape index (κ3) is 6.02. The zero-order valence-electron chi connectivity index (χ0n) is 37.2. The molecule has 13 rings (SSSR count). The van der Waals surface area contributed by atoms with E-state index in [-0.39, 0.29) is 11.3 Å². The van der Waals surface area contributed by atoms with Crippen LogP contribution in [-0.4, -0.2) is 0 Å². The topological polar surface area (TPSA) is 0 Å². The second-order valence-electron chi connectivity index (χ2n) is 19.5. The van der Waals surface area contributed by atoms with E-state index in [1.54, 1.807) is 0 Å². The minimum absolute atomic E-state index is 0.143. The highest BCUT2D eigenvalue weighted by molar-refractivity contribution is 7.26. The van der Waals surface area contributed by atoms with E-state index in [0.717, 1.165) is 19.3 Å². The Morgan fingerprint density at radius 3 is 2.09 bits per heavy atom. The number of hydrogen-bond donors (Lipinski definition) is 0. The molecule has 1 heterocycles. The second kappa shape index (κ2) is 14.9. The fraction of sp³-hybridized carbons (Fsp3) is 0.156. The van der Waals surface area contributed by atoms with Gasteiger partial charge in [0.15, 0.2) is 0 Å². The summed E-state index contributed by atoms with van der Waals surface area (Å²) in [4.78, 5) is 0. The number of fused-ring (bicyclic) bond motifs is 14. The van der Waals surface area contributed by atoms with Gasteiger partial charge in [-0.25, -0.2) is 0 Å². The Labute approximate surface area is 385 Å². The Morgan fingerprint density at radius 2 is 1.22 bits per heavy atom. The molecule has 0 bridgehead atoms. The van der Waals surface area contributed by atoms with Crippen LogP contribution < -0.4 is 0 Å². The molecule has 11 aromatic rings. The highest BCUT2D eigenvalue weighted by atomic mass is 32.1. The first-order valence-electron chi connectivity index (χ1n) is 23.6. The van der Waals surface area contributed by atoms with Crippen LogP contribution >= 0.6 is 11.3 Å². The van der Waals surface area contributed by atoms with Gasteiger partial charge in [0.05, 0.1) is 0 Å². The van der Waals surface area contributed by atoms with Crippen molar-refractivity contribution in [3.63, 3.8) is 0 Å². The maximum absolute atomic E-state index is 2.61. The molecule has 3 unspecified atom stereocenters. The monoisotopic (exact) mass is 850 g/mol. The fourth-order valence-corrected chi connectivity index (χ4v) is 13.6. The summed E-state index contributed by atoms with van der Waals surface area (Å²) in [5.41, 5.74) is 17.1. The van der Waals surface area contributed by atoms with Gasteiger partial charge in [0.25, 0.3) is 0 Å². The molecule has 312 valence electrons. The predicted molar refractivity (Wildman–Crippen MR) is 279 cm³/mol. The van der Waals surface area contributed by atoms with Crippen molar-refractivity contribution in [3.05, 3.63) is 239 Å². The standard InChI is InChI=1S/C64H50S/c1-39(57-36-46-30-28-41-16-6-7-19-49(41)61(46)53-23-11-9-20-50(53)57)42-31-34-56-58(37-42)64(2,3)59-38-45(47-18-8-10-22-52(47)62(56)59)32-33-48(44-29-27-40-15-4-5-17-43(40)35-44)54-24-14-25-55-51-21-12-13-26-60(51)65-63(54)55/h4-31,34-35,37-39,48,57H,32-33,36H2,1-3H3. The van der Waals surface area contributed by atoms with Gasteiger partial charge in [-0.2, -0.15) is 0 Å². The van der Waals surface area contributed by atoms with Crippen molar-refractivity contribution in [1.82, 2.24) is 0 Å². The molecular weight excluding hydrogens is 801 g/mol. The summed E-state index contributed by atoms with van der Waals surface area (Å²) >= 11 is 1.95. The van der Waals surface area contributed by atoms with Gasteiger partial charge in [-0.05, 0) is 136 Å². The van der Waals surface area contributed by atoms with E-state index in [9.17, 15) is 0 Å². The smallest absolute Gasteiger partial charge is 0.0393 e. The van der Waals surface area contributed by atoms with E-state index in [1.165, 1.54) is 119 Å². The summed E-state index contributed by atoms with van der Waals surface area (Å²) < 4.78 is 2.78. The predicted octanol–water partition coefficient (Wildman–Crippen LogP) is 17.7. The molecule has 0 radical (unpaired) electrons. The SMILES string of the molecule is CC(c1ccc2c(c1)C(C)(C)c1cc(CCC(c3ccc4ccccc4c3)c3cccc4c3sc3ccccc34)c3ccccc3c1-2)C1Cc2ccc3ccccc3c2-c2ccccc21. The van der Waals surface area contributed by atoms with Gasteiger partial charge < -0.3 is 0 Å². The number of thiophene rings is 1. The number of aryl methyl sites for hydroxylation is 1. The lowest BCUT2D eigenvalue weighted by Crippen LogP contribution is -2.19. The van der Waals surface area contributed by atoms with Crippen LogP contribution in [0.2, 0.25) is 0 Å². The lowest BCUT2D eigenvalue weighted by molar-refractivity contribution is 0.566. The number of benzene rings is 10. The molecule has 0 nitrogen and oxygen atoms in total. The molecule has 65 heavy (non-hydrogen) atoms. The molecule has 3 atom stereocenters.